The molecule has 0 aromatic rings. The number of esters is 1. The zero-order chi connectivity index (χ0) is 50.7. The molecule has 0 spiro atoms. The Morgan fingerprint density at radius 2 is 0.864 bits per heavy atom. The van der Waals surface area contributed by atoms with E-state index in [-0.39, 0.29) is 6.42 Å². The Kier molecular flexibility index (Phi) is 28.2. The van der Waals surface area contributed by atoms with Crippen LogP contribution in [0.15, 0.2) is 25.3 Å². The number of ether oxygens (including phenoxy) is 1. The second-order valence-electron chi connectivity index (χ2n) is 14.8. The van der Waals surface area contributed by atoms with Crippen LogP contribution in [0.2, 0.25) is 0 Å². The SMILES string of the molecule is C=CCCC(=O)N[C@@H](C)C(=O)N[C@@H](N[C@@H](C)C=O)C(=O)N(CC=C)[C@H](N[C@@H](C)C=O)C(=O)N[C@@H](N[C@@H](C)C=O)C(=O)N[C@H](N[C@@H](C)C=O)C(=O)N[C@@H](C)C(=O)N[C@H](N[C@@H](C)C=O)C(=O)OC. The molecule has 0 aliphatic rings. The van der Waals surface area contributed by atoms with Crippen molar-refractivity contribution in [3.05, 3.63) is 25.3 Å². The van der Waals surface area contributed by atoms with E-state index in [0.717, 1.165) is 12.0 Å². The smallest absolute Gasteiger partial charge is 0.343 e. The first-order valence-electron chi connectivity index (χ1n) is 20.6. The molecular weight excluding hydrogens is 873 g/mol. The number of allylic oxidation sites excluding steroid dienone is 1. The van der Waals surface area contributed by atoms with Crippen LogP contribution in [0.1, 0.15) is 61.3 Å². The summed E-state index contributed by atoms with van der Waals surface area (Å²) in [5.41, 5.74) is 0. The zero-order valence-electron chi connectivity index (χ0n) is 38.2. The van der Waals surface area contributed by atoms with Crippen molar-refractivity contribution in [2.45, 2.75) is 134 Å². The van der Waals surface area contributed by atoms with Crippen LogP contribution < -0.4 is 58.5 Å². The van der Waals surface area contributed by atoms with Crippen molar-refractivity contribution in [1.29, 1.82) is 0 Å². The second kappa shape index (κ2) is 31.3. The van der Waals surface area contributed by atoms with Crippen molar-refractivity contribution in [2.24, 2.45) is 0 Å². The largest absolute Gasteiger partial charge is 0.466 e. The molecule has 66 heavy (non-hydrogen) atoms. The van der Waals surface area contributed by atoms with Gasteiger partial charge in [-0.2, -0.15) is 0 Å². The van der Waals surface area contributed by atoms with Crippen molar-refractivity contribution in [2.75, 3.05) is 13.7 Å². The van der Waals surface area contributed by atoms with Crippen LogP contribution in [0, 0.1) is 0 Å². The van der Waals surface area contributed by atoms with Crippen LogP contribution in [0.3, 0.4) is 0 Å². The molecule has 26 nitrogen and oxygen atoms in total. The van der Waals surface area contributed by atoms with E-state index < -0.39 is 127 Å². The van der Waals surface area contributed by atoms with Crippen molar-refractivity contribution >= 4 is 78.8 Å². The van der Waals surface area contributed by atoms with E-state index in [2.05, 4.69) is 76.4 Å². The predicted molar refractivity (Wildman–Crippen MR) is 233 cm³/mol. The minimum absolute atomic E-state index is 0.0106. The summed E-state index contributed by atoms with van der Waals surface area (Å²) < 4.78 is 4.63. The lowest BCUT2D eigenvalue weighted by atomic mass is 10.2. The zero-order valence-corrected chi connectivity index (χ0v) is 38.2. The number of nitrogens with one attached hydrogen (secondary N) is 11. The summed E-state index contributed by atoms with van der Waals surface area (Å²) in [5.74, 6) is -8.02. The van der Waals surface area contributed by atoms with Gasteiger partial charge in [-0.15, -0.1) is 13.2 Å². The average Bonchev–Trinajstić information content (AvgIpc) is 3.29. The van der Waals surface area contributed by atoms with Gasteiger partial charge >= 0.3 is 5.97 Å². The van der Waals surface area contributed by atoms with Gasteiger partial charge in [0.1, 0.15) is 43.5 Å². The molecule has 0 saturated carbocycles. The van der Waals surface area contributed by atoms with E-state index in [1.54, 1.807) is 0 Å². The van der Waals surface area contributed by atoms with Gasteiger partial charge in [-0.25, -0.2) is 4.79 Å². The number of aldehydes is 5. The van der Waals surface area contributed by atoms with Crippen molar-refractivity contribution in [3.63, 3.8) is 0 Å². The number of methoxy groups -OCH3 is 1. The Hall–Kier alpha value is -6.61. The summed E-state index contributed by atoms with van der Waals surface area (Å²) in [7, 11) is 1.03. The molecule has 368 valence electrons. The number of hydrogen-bond donors (Lipinski definition) is 11. The minimum atomic E-state index is -1.94. The monoisotopic (exact) mass is 936 g/mol. The summed E-state index contributed by atoms with van der Waals surface area (Å²) in [5, 5.41) is 26.7. The van der Waals surface area contributed by atoms with Crippen LogP contribution in [-0.4, -0.2) is 170 Å². The molecule has 0 saturated heterocycles. The van der Waals surface area contributed by atoms with E-state index >= 15 is 0 Å². The van der Waals surface area contributed by atoms with Gasteiger partial charge in [-0.1, -0.05) is 12.2 Å². The van der Waals surface area contributed by atoms with E-state index in [1.807, 2.05) is 0 Å². The summed E-state index contributed by atoms with van der Waals surface area (Å²) >= 11 is 0. The first kappa shape index (κ1) is 59.4. The summed E-state index contributed by atoms with van der Waals surface area (Å²) in [4.78, 5) is 166. The van der Waals surface area contributed by atoms with Crippen LogP contribution in [-0.2, 0) is 67.1 Å². The third kappa shape index (κ3) is 21.4. The van der Waals surface area contributed by atoms with E-state index in [4.69, 9.17) is 0 Å². The number of carbonyl (C=O) groups excluding carboxylic acids is 13. The molecule has 0 aliphatic heterocycles. The van der Waals surface area contributed by atoms with E-state index in [9.17, 15) is 62.3 Å². The molecule has 0 heterocycles. The normalized spacial score (nSPS) is 16.2. The van der Waals surface area contributed by atoms with E-state index in [0.29, 0.717) is 37.9 Å². The Morgan fingerprint density at radius 1 is 0.485 bits per heavy atom. The van der Waals surface area contributed by atoms with Crippen molar-refractivity contribution in [1.82, 2.24) is 63.4 Å². The lowest BCUT2D eigenvalue weighted by molar-refractivity contribution is -0.147. The molecule has 0 radical (unpaired) electrons. The molecule has 0 aromatic carbocycles. The van der Waals surface area contributed by atoms with Gasteiger partial charge in [-0.3, -0.25) is 60.1 Å². The fourth-order valence-electron chi connectivity index (χ4n) is 5.21. The summed E-state index contributed by atoms with van der Waals surface area (Å²) in [6.07, 6.45) is -4.03. The van der Waals surface area contributed by atoms with Crippen molar-refractivity contribution in [3.8, 4) is 0 Å². The molecule has 0 aliphatic carbocycles. The van der Waals surface area contributed by atoms with Gasteiger partial charge in [0.05, 0.1) is 37.3 Å². The van der Waals surface area contributed by atoms with Gasteiger partial charge in [0, 0.05) is 13.0 Å². The maximum absolute atomic E-state index is 14.3. The van der Waals surface area contributed by atoms with Gasteiger partial charge in [-0.05, 0) is 54.9 Å². The second-order valence-corrected chi connectivity index (χ2v) is 14.8. The van der Waals surface area contributed by atoms with Crippen LogP contribution in [0.25, 0.3) is 0 Å². The lowest BCUT2D eigenvalue weighted by Crippen LogP contribution is -2.69. The Balaban J connectivity index is 6.93. The fraction of sp³-hybridized carbons (Fsp3) is 0.575. The third-order valence-electron chi connectivity index (χ3n) is 8.78. The highest BCUT2D eigenvalue weighted by atomic mass is 16.5. The fourth-order valence-corrected chi connectivity index (χ4v) is 5.21. The molecule has 12 atom stereocenters. The molecule has 0 bridgehead atoms. The maximum atomic E-state index is 14.3. The number of carbonyl (C=O) groups is 13. The van der Waals surface area contributed by atoms with Gasteiger partial charge < -0.3 is 65.5 Å². The van der Waals surface area contributed by atoms with Crippen molar-refractivity contribution < 1.29 is 67.1 Å². The number of nitrogens with zero attached hydrogens (tertiary/aromatic N) is 1. The molecule has 7 amide bonds. The molecular formula is C40H64N12O14. The topological polar surface area (TPSA) is 367 Å². The Morgan fingerprint density at radius 3 is 1.30 bits per heavy atom. The highest BCUT2D eigenvalue weighted by molar-refractivity contribution is 5.97. The Bertz CT molecular complexity index is 1750. The third-order valence-corrected chi connectivity index (χ3v) is 8.78. The predicted octanol–water partition coefficient (Wildman–Crippen LogP) is -5.87. The maximum Gasteiger partial charge on any atom is 0.343 e. The standard InChI is InChI=1S/C40H64N12O14/c1-11-13-14-28(58)46-26(8)34(59)50-31(43-23(5)18-55)39(64)52(15-12-2)33(45-25(7)20-57)38(63)49-30(42-22(4)17-54)37(62)48-29(41-21(3)16-53)36(61)47-27(9)35(60)51-32(40(65)66-10)44-24(6)19-56/h11-12,16-27,29-33,41-45H,1-2,13-15H2,3-10H3,(H,46,58)(H,47,61)(H,48,62)(H,49,63)(H,50,59)(H,51,60)/t21-,22-,23-,24-,25-,26-,27-,29-,30+,31+,32-,33-/m0/s1. The molecule has 0 fully saturated rings. The molecule has 0 rings (SSSR count). The summed E-state index contributed by atoms with van der Waals surface area (Å²) in [6, 6.07) is -8.13. The quantitative estimate of drug-likeness (QED) is 0.0124. The first-order valence-corrected chi connectivity index (χ1v) is 20.6. The molecule has 0 aromatic heterocycles. The summed E-state index contributed by atoms with van der Waals surface area (Å²) in [6.45, 7) is 15.8. The van der Waals surface area contributed by atoms with Gasteiger partial charge in [0.25, 0.3) is 23.6 Å². The highest BCUT2D eigenvalue weighted by Gasteiger charge is 2.38. The molecule has 0 unspecified atom stereocenters. The molecule has 26 heteroatoms. The number of amides is 7. The number of rotatable bonds is 34. The van der Waals surface area contributed by atoms with Crippen LogP contribution in [0.4, 0.5) is 0 Å². The average molecular weight is 937 g/mol. The minimum Gasteiger partial charge on any atom is -0.466 e. The van der Waals surface area contributed by atoms with Crippen LogP contribution in [0.5, 0.6) is 0 Å². The van der Waals surface area contributed by atoms with Gasteiger partial charge in [0.2, 0.25) is 17.7 Å². The lowest BCUT2D eigenvalue weighted by Gasteiger charge is -2.36. The van der Waals surface area contributed by atoms with Gasteiger partial charge in [0.15, 0.2) is 30.8 Å². The van der Waals surface area contributed by atoms with Crippen LogP contribution >= 0.6 is 0 Å². The van der Waals surface area contributed by atoms with E-state index in [1.165, 1.54) is 60.6 Å². The Labute approximate surface area is 382 Å². The molecule has 11 N–H and O–H groups in total. The number of hydrogen-bond acceptors (Lipinski definition) is 19. The first-order chi connectivity index (χ1) is 31.1. The highest BCUT2D eigenvalue weighted by Crippen LogP contribution is 2.06.